The average Bonchev–Trinajstić information content (AvgIpc) is 3.14. The Kier molecular flexibility index (Phi) is 7.72. The highest BCUT2D eigenvalue weighted by molar-refractivity contribution is 6.36. The zero-order chi connectivity index (χ0) is 23.4. The topological polar surface area (TPSA) is 59.0 Å². The minimum absolute atomic E-state index is 0.00846. The lowest BCUT2D eigenvalue weighted by Gasteiger charge is -2.38. The second-order valence-corrected chi connectivity index (χ2v) is 9.96. The van der Waals surface area contributed by atoms with Gasteiger partial charge in [0.1, 0.15) is 18.1 Å². The Hall–Kier alpha value is -1.95. The van der Waals surface area contributed by atoms with E-state index in [-0.39, 0.29) is 11.8 Å². The summed E-state index contributed by atoms with van der Waals surface area (Å²) in [6.45, 7) is 5.51. The highest BCUT2D eigenvalue weighted by Gasteiger charge is 2.43. The molecule has 7 heteroatoms. The fourth-order valence-electron chi connectivity index (χ4n) is 4.79. The van der Waals surface area contributed by atoms with Crippen LogP contribution in [-0.4, -0.2) is 42.2 Å². The van der Waals surface area contributed by atoms with Crippen molar-refractivity contribution in [3.8, 4) is 11.5 Å². The van der Waals surface area contributed by atoms with Gasteiger partial charge >= 0.3 is 5.97 Å². The molecule has 4 rings (SSSR count). The minimum atomic E-state index is -0.743. The van der Waals surface area contributed by atoms with E-state index in [1.807, 2.05) is 24.3 Å². The number of carbonyl (C=O) groups is 1. The van der Waals surface area contributed by atoms with Gasteiger partial charge in [-0.25, -0.2) is 0 Å². The number of rotatable bonds is 9. The van der Waals surface area contributed by atoms with E-state index in [0.717, 1.165) is 67.8 Å². The van der Waals surface area contributed by atoms with Crippen LogP contribution >= 0.6 is 23.2 Å². The van der Waals surface area contributed by atoms with Crippen LogP contribution in [0.3, 0.4) is 0 Å². The summed E-state index contributed by atoms with van der Waals surface area (Å²) in [5.74, 6) is 0.859. The molecule has 1 N–H and O–H groups in total. The van der Waals surface area contributed by atoms with Crippen LogP contribution in [0.4, 0.5) is 0 Å². The molecule has 2 heterocycles. The Morgan fingerprint density at radius 3 is 2.58 bits per heavy atom. The first-order valence-electron chi connectivity index (χ1n) is 11.7. The molecule has 0 atom stereocenters. The second-order valence-electron chi connectivity index (χ2n) is 9.14. The molecule has 178 valence electrons. The number of halogens is 2. The molecule has 2 aliphatic rings. The van der Waals surface area contributed by atoms with Crippen molar-refractivity contribution >= 4 is 29.2 Å². The molecule has 2 aromatic rings. The number of hydrogen-bond donors (Lipinski definition) is 1. The molecule has 1 spiro atoms. The number of hydrogen-bond acceptors (Lipinski definition) is 4. The highest BCUT2D eigenvalue weighted by Crippen LogP contribution is 2.46. The molecule has 0 bridgehead atoms. The van der Waals surface area contributed by atoms with Gasteiger partial charge in [-0.1, -0.05) is 42.6 Å². The number of carboxylic acids is 1. The summed E-state index contributed by atoms with van der Waals surface area (Å²) in [6.07, 6.45) is 5.34. The second kappa shape index (κ2) is 10.5. The van der Waals surface area contributed by atoms with Crippen molar-refractivity contribution in [3.05, 3.63) is 57.1 Å². The Morgan fingerprint density at radius 1 is 1.18 bits per heavy atom. The van der Waals surface area contributed by atoms with Crippen LogP contribution in [-0.2, 0) is 23.2 Å². The molecule has 0 aromatic heterocycles. The summed E-state index contributed by atoms with van der Waals surface area (Å²) in [5.41, 5.74) is 3.18. The third-order valence-electron chi connectivity index (χ3n) is 6.89. The fourth-order valence-corrected chi connectivity index (χ4v) is 5.43. The Morgan fingerprint density at radius 2 is 1.91 bits per heavy atom. The molecule has 0 radical (unpaired) electrons. The number of benzene rings is 2. The van der Waals surface area contributed by atoms with Gasteiger partial charge in [-0.15, -0.1) is 0 Å². The van der Waals surface area contributed by atoms with Crippen molar-refractivity contribution in [1.29, 1.82) is 0 Å². The van der Waals surface area contributed by atoms with Crippen LogP contribution in [0.15, 0.2) is 30.3 Å². The molecule has 0 saturated carbocycles. The standard InChI is InChI=1S/C26H31Cl2NO4/c1-2-3-4-18-13-22(27)20(23(28)14-18)16-32-19-5-6-21-24(15-19)33-17-26(21)8-11-29(12-9-26)10-7-25(30)31/h5-6,13-15H,2-4,7-12,16-17H2,1H3,(H,30,31). The molecule has 0 unspecified atom stereocenters. The third kappa shape index (κ3) is 5.59. The maximum atomic E-state index is 10.8. The Bertz CT molecular complexity index is 979. The lowest BCUT2D eigenvalue weighted by molar-refractivity contribution is -0.137. The van der Waals surface area contributed by atoms with Gasteiger partial charge in [-0.05, 0) is 62.5 Å². The number of unbranched alkanes of at least 4 members (excludes halogenated alkanes) is 1. The van der Waals surface area contributed by atoms with E-state index in [4.69, 9.17) is 37.8 Å². The summed E-state index contributed by atoms with van der Waals surface area (Å²) >= 11 is 13.0. The summed E-state index contributed by atoms with van der Waals surface area (Å²) in [4.78, 5) is 13.1. The molecular weight excluding hydrogens is 461 g/mol. The van der Waals surface area contributed by atoms with Gasteiger partial charge in [-0.3, -0.25) is 4.79 Å². The van der Waals surface area contributed by atoms with Crippen LogP contribution < -0.4 is 9.47 Å². The van der Waals surface area contributed by atoms with Gasteiger partial charge in [0.15, 0.2) is 0 Å². The predicted octanol–water partition coefficient (Wildman–Crippen LogP) is 6.12. The van der Waals surface area contributed by atoms with Crippen LogP contribution in [0.2, 0.25) is 10.0 Å². The lowest BCUT2D eigenvalue weighted by Crippen LogP contribution is -2.44. The summed E-state index contributed by atoms with van der Waals surface area (Å²) in [7, 11) is 0. The monoisotopic (exact) mass is 491 g/mol. The van der Waals surface area contributed by atoms with Crippen molar-refractivity contribution in [2.24, 2.45) is 0 Å². The quantitative estimate of drug-likeness (QED) is 0.457. The largest absolute Gasteiger partial charge is 0.492 e. The van der Waals surface area contributed by atoms with Crippen molar-refractivity contribution in [1.82, 2.24) is 4.90 Å². The number of piperidine rings is 1. The molecule has 5 nitrogen and oxygen atoms in total. The average molecular weight is 492 g/mol. The minimum Gasteiger partial charge on any atom is -0.492 e. The number of aliphatic carboxylic acids is 1. The van der Waals surface area contributed by atoms with E-state index in [1.54, 1.807) is 0 Å². The molecule has 1 fully saturated rings. The van der Waals surface area contributed by atoms with Gasteiger partial charge in [0.2, 0.25) is 0 Å². The first-order valence-corrected chi connectivity index (χ1v) is 12.5. The van der Waals surface area contributed by atoms with Crippen molar-refractivity contribution in [2.75, 3.05) is 26.2 Å². The highest BCUT2D eigenvalue weighted by atomic mass is 35.5. The molecule has 2 aliphatic heterocycles. The maximum Gasteiger partial charge on any atom is 0.304 e. The smallest absolute Gasteiger partial charge is 0.304 e. The predicted molar refractivity (Wildman–Crippen MR) is 131 cm³/mol. The summed E-state index contributed by atoms with van der Waals surface area (Å²) < 4.78 is 12.1. The van der Waals surface area contributed by atoms with Crippen LogP contribution in [0.1, 0.15) is 55.7 Å². The number of ether oxygens (including phenoxy) is 2. The number of aryl methyl sites for hydroxylation is 1. The number of carboxylic acid groups (broad SMARTS) is 1. The van der Waals surface area contributed by atoms with Crippen LogP contribution in [0.25, 0.3) is 0 Å². The first-order chi connectivity index (χ1) is 15.9. The van der Waals surface area contributed by atoms with Gasteiger partial charge in [0.05, 0.1) is 13.0 Å². The van der Waals surface area contributed by atoms with Gasteiger partial charge < -0.3 is 19.5 Å². The molecule has 0 aliphatic carbocycles. The molecule has 1 saturated heterocycles. The van der Waals surface area contributed by atoms with E-state index < -0.39 is 5.97 Å². The summed E-state index contributed by atoms with van der Waals surface area (Å²) in [6, 6.07) is 10.0. The summed E-state index contributed by atoms with van der Waals surface area (Å²) in [5, 5.41) is 10.2. The molecule has 33 heavy (non-hydrogen) atoms. The van der Waals surface area contributed by atoms with E-state index >= 15 is 0 Å². The Balaban J connectivity index is 1.39. The zero-order valence-corrected chi connectivity index (χ0v) is 20.6. The van der Waals surface area contributed by atoms with Crippen molar-refractivity contribution < 1.29 is 19.4 Å². The molecular formula is C26H31Cl2NO4. The maximum absolute atomic E-state index is 10.8. The molecule has 0 amide bonds. The zero-order valence-electron chi connectivity index (χ0n) is 19.0. The third-order valence-corrected chi connectivity index (χ3v) is 7.56. The van der Waals surface area contributed by atoms with Gasteiger partial charge in [0, 0.05) is 39.2 Å². The van der Waals surface area contributed by atoms with E-state index in [9.17, 15) is 4.79 Å². The van der Waals surface area contributed by atoms with Crippen LogP contribution in [0.5, 0.6) is 11.5 Å². The van der Waals surface area contributed by atoms with E-state index in [2.05, 4.69) is 17.9 Å². The normalized spacial score (nSPS) is 17.1. The molecule has 2 aromatic carbocycles. The number of fused-ring (bicyclic) bond motifs is 2. The van der Waals surface area contributed by atoms with E-state index in [0.29, 0.717) is 29.8 Å². The number of nitrogens with zero attached hydrogens (tertiary/aromatic N) is 1. The van der Waals surface area contributed by atoms with Gasteiger partial charge in [0.25, 0.3) is 0 Å². The van der Waals surface area contributed by atoms with Crippen molar-refractivity contribution in [2.45, 2.75) is 57.5 Å². The van der Waals surface area contributed by atoms with E-state index in [1.165, 1.54) is 5.56 Å². The number of likely N-dealkylation sites (tertiary alicyclic amines) is 1. The van der Waals surface area contributed by atoms with Gasteiger partial charge in [-0.2, -0.15) is 0 Å². The first kappa shape index (κ1) is 24.2. The van der Waals surface area contributed by atoms with Crippen molar-refractivity contribution in [3.63, 3.8) is 0 Å². The fraction of sp³-hybridized carbons (Fsp3) is 0.500. The lowest BCUT2D eigenvalue weighted by atomic mass is 9.74. The van der Waals surface area contributed by atoms with Crippen LogP contribution in [0, 0.1) is 0 Å². The Labute approximate surface area is 205 Å². The SMILES string of the molecule is CCCCc1cc(Cl)c(COc2ccc3c(c2)OCC32CCN(CCC(=O)O)CC2)c(Cl)c1.